The number of amides is 1. The number of carbonyl (C=O) groups excluding carboxylic acids is 3. The Labute approximate surface area is 167 Å². The number of ether oxygens (including phenoxy) is 3. The molecule has 0 aromatic heterocycles. The highest BCUT2D eigenvalue weighted by molar-refractivity contribution is 6.13. The molecule has 29 heavy (non-hydrogen) atoms. The number of rotatable bonds is 4. The molecule has 2 aliphatic rings. The fourth-order valence-electron chi connectivity index (χ4n) is 3.58. The number of hydrogen-bond donors (Lipinski definition) is 1. The van der Waals surface area contributed by atoms with Crippen LogP contribution in [0.4, 0.5) is 0 Å². The topological polar surface area (TPSA) is 105 Å². The summed E-state index contributed by atoms with van der Waals surface area (Å²) in [4.78, 5) is 35.9. The molecule has 0 bridgehead atoms. The largest absolute Gasteiger partial charge is 0.484 e. The van der Waals surface area contributed by atoms with Crippen molar-refractivity contribution in [2.75, 3.05) is 6.61 Å². The van der Waals surface area contributed by atoms with E-state index in [2.05, 4.69) is 0 Å². The number of benzene rings is 2. The van der Waals surface area contributed by atoms with Gasteiger partial charge >= 0.3 is 5.97 Å². The van der Waals surface area contributed by atoms with E-state index in [-0.39, 0.29) is 30.7 Å². The second-order valence-electron chi connectivity index (χ2n) is 7.17. The minimum absolute atomic E-state index is 0.0877. The third kappa shape index (κ3) is 3.35. The molecule has 1 amide bonds. The summed E-state index contributed by atoms with van der Waals surface area (Å²) in [6.45, 7) is 3.37. The minimum atomic E-state index is -0.582. The van der Waals surface area contributed by atoms with Crippen molar-refractivity contribution in [2.24, 2.45) is 5.73 Å². The van der Waals surface area contributed by atoms with Gasteiger partial charge in [0.15, 0.2) is 12.4 Å². The Hall–Kier alpha value is -3.61. The molecule has 2 heterocycles. The molecule has 7 heteroatoms. The van der Waals surface area contributed by atoms with Crippen LogP contribution in [0.5, 0.6) is 17.2 Å². The molecular formula is C22H19NO6. The van der Waals surface area contributed by atoms with E-state index in [1.807, 2.05) is 19.9 Å². The fraction of sp³-hybridized carbons (Fsp3) is 0.227. The molecule has 148 valence electrons. The third-order valence-electron chi connectivity index (χ3n) is 4.85. The van der Waals surface area contributed by atoms with E-state index in [4.69, 9.17) is 19.9 Å². The average Bonchev–Trinajstić information content (AvgIpc) is 3.03. The molecule has 0 fully saturated rings. The molecular weight excluding hydrogens is 374 g/mol. The molecule has 2 aromatic rings. The Morgan fingerprint density at radius 3 is 2.69 bits per heavy atom. The SMILES string of the molecule is CC(C)=C1Oc2c(ccc3c2[C@H](c2cccc(OCC(N)=O)c2)CC(=O)O3)C1=O. The number of nitrogens with two attached hydrogens (primary N) is 1. The predicted molar refractivity (Wildman–Crippen MR) is 103 cm³/mol. The zero-order chi connectivity index (χ0) is 20.7. The Bertz CT molecular complexity index is 1080. The quantitative estimate of drug-likeness (QED) is 0.487. The van der Waals surface area contributed by atoms with Crippen molar-refractivity contribution in [3.8, 4) is 17.2 Å². The van der Waals surface area contributed by atoms with Crippen LogP contribution >= 0.6 is 0 Å². The van der Waals surface area contributed by atoms with Crippen molar-refractivity contribution in [3.63, 3.8) is 0 Å². The predicted octanol–water partition coefficient (Wildman–Crippen LogP) is 2.86. The Morgan fingerprint density at radius 2 is 1.97 bits per heavy atom. The number of fused-ring (bicyclic) bond motifs is 3. The Morgan fingerprint density at radius 1 is 1.17 bits per heavy atom. The summed E-state index contributed by atoms with van der Waals surface area (Å²) in [5, 5.41) is 0. The van der Waals surface area contributed by atoms with E-state index in [1.54, 1.807) is 30.3 Å². The number of allylic oxidation sites excluding steroid dienone is 2. The van der Waals surface area contributed by atoms with Crippen molar-refractivity contribution in [1.82, 2.24) is 0 Å². The van der Waals surface area contributed by atoms with Crippen LogP contribution in [-0.2, 0) is 9.59 Å². The van der Waals surface area contributed by atoms with Crippen LogP contribution in [0.2, 0.25) is 0 Å². The Kier molecular flexibility index (Phi) is 4.58. The molecule has 0 saturated carbocycles. The van der Waals surface area contributed by atoms with Gasteiger partial charge in [-0.2, -0.15) is 0 Å². The average molecular weight is 393 g/mol. The summed E-state index contributed by atoms with van der Waals surface area (Å²) < 4.78 is 16.7. The molecule has 0 unspecified atom stereocenters. The van der Waals surface area contributed by atoms with Crippen LogP contribution in [0.15, 0.2) is 47.7 Å². The van der Waals surface area contributed by atoms with Gasteiger partial charge < -0.3 is 19.9 Å². The standard InChI is InChI=1S/C22H19NO6/c1-11(2)21-20(26)14-6-7-16-19(22(14)29-21)15(9-18(25)28-16)12-4-3-5-13(8-12)27-10-17(23)24/h3-8,15H,9-10H2,1-2H3,(H2,23,24)/t15-/m0/s1. The van der Waals surface area contributed by atoms with Gasteiger partial charge in [0.05, 0.1) is 12.0 Å². The van der Waals surface area contributed by atoms with E-state index in [0.29, 0.717) is 34.1 Å². The van der Waals surface area contributed by atoms with E-state index >= 15 is 0 Å². The maximum Gasteiger partial charge on any atom is 0.312 e. The molecule has 1 atom stereocenters. The summed E-state index contributed by atoms with van der Waals surface area (Å²) >= 11 is 0. The molecule has 4 rings (SSSR count). The molecule has 0 radical (unpaired) electrons. The summed E-state index contributed by atoms with van der Waals surface area (Å²) in [7, 11) is 0. The van der Waals surface area contributed by atoms with Gasteiger partial charge in [0, 0.05) is 11.5 Å². The van der Waals surface area contributed by atoms with E-state index in [1.165, 1.54) is 0 Å². The van der Waals surface area contributed by atoms with Crippen LogP contribution in [0.25, 0.3) is 0 Å². The van der Waals surface area contributed by atoms with E-state index in [9.17, 15) is 14.4 Å². The highest BCUT2D eigenvalue weighted by Crippen LogP contribution is 2.49. The lowest BCUT2D eigenvalue weighted by molar-refractivity contribution is -0.135. The lowest BCUT2D eigenvalue weighted by Crippen LogP contribution is -2.22. The summed E-state index contributed by atoms with van der Waals surface area (Å²) in [6.07, 6.45) is 0.0877. The van der Waals surface area contributed by atoms with Crippen molar-refractivity contribution < 1.29 is 28.6 Å². The van der Waals surface area contributed by atoms with Gasteiger partial charge in [0.25, 0.3) is 5.91 Å². The van der Waals surface area contributed by atoms with Gasteiger partial charge in [-0.05, 0) is 49.2 Å². The second-order valence-corrected chi connectivity index (χ2v) is 7.17. The number of carbonyl (C=O) groups is 3. The van der Waals surface area contributed by atoms with Crippen LogP contribution in [0.3, 0.4) is 0 Å². The fourth-order valence-corrected chi connectivity index (χ4v) is 3.58. The van der Waals surface area contributed by atoms with Crippen molar-refractivity contribution >= 4 is 17.7 Å². The minimum Gasteiger partial charge on any atom is -0.484 e. The van der Waals surface area contributed by atoms with E-state index < -0.39 is 5.91 Å². The zero-order valence-electron chi connectivity index (χ0n) is 16.0. The number of ketones is 1. The lowest BCUT2D eigenvalue weighted by Gasteiger charge is -2.26. The van der Waals surface area contributed by atoms with Crippen LogP contribution < -0.4 is 19.9 Å². The van der Waals surface area contributed by atoms with Gasteiger partial charge in [0.1, 0.15) is 17.2 Å². The molecule has 0 spiro atoms. The van der Waals surface area contributed by atoms with Gasteiger partial charge in [-0.3, -0.25) is 14.4 Å². The number of hydrogen-bond acceptors (Lipinski definition) is 6. The first-order chi connectivity index (χ1) is 13.8. The maximum atomic E-state index is 12.7. The number of Topliss-reactive ketones (excluding diaryl/α,β-unsaturated/α-hetero) is 1. The number of esters is 1. The highest BCUT2D eigenvalue weighted by Gasteiger charge is 2.38. The Balaban J connectivity index is 1.81. The molecule has 2 aliphatic heterocycles. The van der Waals surface area contributed by atoms with Crippen molar-refractivity contribution in [2.45, 2.75) is 26.2 Å². The van der Waals surface area contributed by atoms with Gasteiger partial charge in [-0.25, -0.2) is 0 Å². The molecule has 0 saturated heterocycles. The normalized spacial score (nSPS) is 17.2. The molecule has 0 aliphatic carbocycles. The van der Waals surface area contributed by atoms with E-state index in [0.717, 1.165) is 11.1 Å². The van der Waals surface area contributed by atoms with Crippen molar-refractivity contribution in [1.29, 1.82) is 0 Å². The first-order valence-electron chi connectivity index (χ1n) is 9.14. The monoisotopic (exact) mass is 393 g/mol. The molecule has 7 nitrogen and oxygen atoms in total. The second kappa shape index (κ2) is 7.09. The lowest BCUT2D eigenvalue weighted by atomic mass is 9.84. The van der Waals surface area contributed by atoms with Crippen LogP contribution in [-0.4, -0.2) is 24.3 Å². The summed E-state index contributed by atoms with van der Waals surface area (Å²) in [5.41, 5.74) is 7.78. The zero-order valence-corrected chi connectivity index (χ0v) is 16.0. The van der Waals surface area contributed by atoms with Gasteiger partial charge in [-0.15, -0.1) is 0 Å². The molecule has 2 N–H and O–H groups in total. The van der Waals surface area contributed by atoms with Crippen LogP contribution in [0.1, 0.15) is 47.7 Å². The third-order valence-corrected chi connectivity index (χ3v) is 4.85. The number of primary amides is 1. The van der Waals surface area contributed by atoms with Crippen molar-refractivity contribution in [3.05, 3.63) is 64.4 Å². The highest BCUT2D eigenvalue weighted by atomic mass is 16.5. The van der Waals surface area contributed by atoms with Crippen LogP contribution in [0, 0.1) is 0 Å². The first-order valence-corrected chi connectivity index (χ1v) is 9.14. The molecule has 2 aromatic carbocycles. The summed E-state index contributed by atoms with van der Waals surface area (Å²) in [6, 6.07) is 10.3. The van der Waals surface area contributed by atoms with Gasteiger partial charge in [0.2, 0.25) is 5.78 Å². The maximum absolute atomic E-state index is 12.7. The summed E-state index contributed by atoms with van der Waals surface area (Å²) in [5.74, 6) is 0.0122. The first kappa shape index (κ1) is 18.7. The smallest absolute Gasteiger partial charge is 0.312 e. The van der Waals surface area contributed by atoms with Gasteiger partial charge in [-0.1, -0.05) is 12.1 Å².